The third-order valence-electron chi connectivity index (χ3n) is 6.80. The number of nitrogens with one attached hydrogen (secondary N) is 2. The topological polar surface area (TPSA) is 131 Å². The molecule has 0 aliphatic carbocycles. The zero-order valence-electron chi connectivity index (χ0n) is 23.1. The van der Waals surface area contributed by atoms with Crippen LogP contribution in [0.15, 0.2) is 96.1 Å². The molecule has 0 unspecified atom stereocenters. The average Bonchev–Trinajstić information content (AvgIpc) is 3.51. The van der Waals surface area contributed by atoms with Gasteiger partial charge in [0, 0.05) is 44.0 Å². The first-order chi connectivity index (χ1) is 20.9. The molecule has 0 fully saturated rings. The highest BCUT2D eigenvalue weighted by atomic mass is 32.1. The molecule has 0 bridgehead atoms. The first-order valence-electron chi connectivity index (χ1n) is 13.5. The summed E-state index contributed by atoms with van der Waals surface area (Å²) >= 11 is 1.01. The molecule has 0 spiro atoms. The van der Waals surface area contributed by atoms with Gasteiger partial charge in [-0.1, -0.05) is 23.5 Å². The summed E-state index contributed by atoms with van der Waals surface area (Å²) in [4.78, 5) is 35.2. The lowest BCUT2D eigenvalue weighted by atomic mass is 10.1. The fourth-order valence-corrected chi connectivity index (χ4v) is 5.33. The predicted octanol–water partition coefficient (Wildman–Crippen LogP) is 5.68. The van der Waals surface area contributed by atoms with Crippen LogP contribution in [0.2, 0.25) is 0 Å². The molecule has 6 aromatic rings. The van der Waals surface area contributed by atoms with E-state index in [4.69, 9.17) is 14.5 Å². The molecule has 0 atom stereocenters. The van der Waals surface area contributed by atoms with Gasteiger partial charge in [-0.2, -0.15) is 0 Å². The number of aryl methyl sites for hydroxylation is 1. The van der Waals surface area contributed by atoms with Crippen molar-refractivity contribution in [2.75, 3.05) is 11.9 Å². The number of nitrogens with zero attached hydrogens (tertiary/aromatic N) is 3. The molecule has 0 radical (unpaired) electrons. The Morgan fingerprint density at radius 2 is 1.79 bits per heavy atom. The van der Waals surface area contributed by atoms with Crippen molar-refractivity contribution in [3.8, 4) is 23.1 Å². The molecular weight excluding hydrogens is 566 g/mol. The second kappa shape index (κ2) is 12.2. The number of thiazole rings is 1. The number of amides is 1. The SMILES string of the molecule is Cn1c(CCOc2ccc(Cc3sc(=O)[nH]c3O)cc2)nc2ccc(Oc3ccc(NC(=O)c4cccnc4)cc3)cc21. The molecular formula is C32H27N5O5S. The number of hydrogen-bond donors (Lipinski definition) is 3. The van der Waals surface area contributed by atoms with Crippen LogP contribution in [-0.2, 0) is 19.9 Å². The molecule has 0 aliphatic rings. The largest absolute Gasteiger partial charge is 0.494 e. The Hall–Kier alpha value is -5.42. The number of aromatic hydroxyl groups is 1. The number of hydrogen-bond acceptors (Lipinski definition) is 8. The lowest BCUT2D eigenvalue weighted by molar-refractivity contribution is 0.102. The Kier molecular flexibility index (Phi) is 7.88. The second-order valence-corrected chi connectivity index (χ2v) is 10.8. The number of anilines is 1. The number of fused-ring (bicyclic) bond motifs is 1. The lowest BCUT2D eigenvalue weighted by Crippen LogP contribution is -2.11. The van der Waals surface area contributed by atoms with Crippen molar-refractivity contribution in [2.24, 2.45) is 7.05 Å². The van der Waals surface area contributed by atoms with Gasteiger partial charge < -0.3 is 24.5 Å². The van der Waals surface area contributed by atoms with Gasteiger partial charge in [0.1, 0.15) is 23.1 Å². The van der Waals surface area contributed by atoms with Crippen LogP contribution in [0.3, 0.4) is 0 Å². The standard InChI is InChI=1S/C32H27N5O5S/c1-37-27-18-25(42-24-10-6-22(7-11-24)34-30(38)21-3-2-15-33-19-21)12-13-26(27)35-29(37)14-16-41-23-8-4-20(5-9-23)17-28-31(39)36-32(40)43-28/h2-13,15,18-19,39H,14,16-17H2,1H3,(H,34,38)(H,36,40). The summed E-state index contributed by atoms with van der Waals surface area (Å²) in [6, 6.07) is 23.9. The summed E-state index contributed by atoms with van der Waals surface area (Å²) in [7, 11) is 1.97. The van der Waals surface area contributed by atoms with Gasteiger partial charge in [-0.15, -0.1) is 0 Å². The van der Waals surface area contributed by atoms with Gasteiger partial charge in [-0.05, 0) is 66.2 Å². The van der Waals surface area contributed by atoms with Crippen molar-refractivity contribution in [1.29, 1.82) is 0 Å². The number of rotatable bonds is 10. The van der Waals surface area contributed by atoms with E-state index in [1.807, 2.05) is 54.1 Å². The number of ether oxygens (including phenoxy) is 2. The minimum atomic E-state index is -0.269. The van der Waals surface area contributed by atoms with Crippen LogP contribution >= 0.6 is 11.3 Å². The minimum Gasteiger partial charge on any atom is -0.494 e. The molecule has 1 amide bonds. The van der Waals surface area contributed by atoms with Gasteiger partial charge in [0.15, 0.2) is 0 Å². The summed E-state index contributed by atoms with van der Waals surface area (Å²) in [5.74, 6) is 2.62. The fraction of sp³-hybridized carbons (Fsp3) is 0.125. The van der Waals surface area contributed by atoms with Crippen LogP contribution in [0.25, 0.3) is 11.0 Å². The van der Waals surface area contributed by atoms with Gasteiger partial charge in [-0.25, -0.2) is 4.98 Å². The highest BCUT2D eigenvalue weighted by molar-refractivity contribution is 7.09. The molecule has 11 heteroatoms. The van der Waals surface area contributed by atoms with E-state index < -0.39 is 0 Å². The molecule has 3 aromatic carbocycles. The Morgan fingerprint density at radius 3 is 2.51 bits per heavy atom. The summed E-state index contributed by atoms with van der Waals surface area (Å²) in [6.45, 7) is 0.448. The summed E-state index contributed by atoms with van der Waals surface area (Å²) in [5.41, 5.74) is 3.91. The number of pyridine rings is 1. The number of H-pyrrole nitrogens is 1. The van der Waals surface area contributed by atoms with Gasteiger partial charge in [0.05, 0.1) is 28.1 Å². The lowest BCUT2D eigenvalue weighted by Gasteiger charge is -2.09. The Labute approximate surface area is 250 Å². The molecule has 216 valence electrons. The number of aromatic amines is 1. The van der Waals surface area contributed by atoms with Crippen LogP contribution in [0.5, 0.6) is 23.1 Å². The zero-order chi connectivity index (χ0) is 29.8. The van der Waals surface area contributed by atoms with Crippen LogP contribution in [0.1, 0.15) is 26.6 Å². The Morgan fingerprint density at radius 1 is 1.02 bits per heavy atom. The number of benzene rings is 3. The van der Waals surface area contributed by atoms with Crippen molar-refractivity contribution >= 4 is 34.0 Å². The molecule has 6 rings (SSSR count). The maximum Gasteiger partial charge on any atom is 0.307 e. The monoisotopic (exact) mass is 593 g/mol. The summed E-state index contributed by atoms with van der Waals surface area (Å²) in [6.07, 6.45) is 4.22. The van der Waals surface area contributed by atoms with Gasteiger partial charge in [0.25, 0.3) is 5.91 Å². The van der Waals surface area contributed by atoms with E-state index in [1.165, 1.54) is 6.20 Å². The predicted molar refractivity (Wildman–Crippen MR) is 164 cm³/mol. The zero-order valence-corrected chi connectivity index (χ0v) is 23.9. The molecule has 10 nitrogen and oxygen atoms in total. The second-order valence-electron chi connectivity index (χ2n) is 9.77. The smallest absolute Gasteiger partial charge is 0.307 e. The van der Waals surface area contributed by atoms with Crippen molar-refractivity contribution in [1.82, 2.24) is 19.5 Å². The number of aromatic nitrogens is 4. The quantitative estimate of drug-likeness (QED) is 0.186. The van der Waals surface area contributed by atoms with Gasteiger partial charge in [-0.3, -0.25) is 19.6 Å². The Bertz CT molecular complexity index is 1930. The van der Waals surface area contributed by atoms with Crippen molar-refractivity contribution < 1.29 is 19.4 Å². The molecule has 3 heterocycles. The number of carbonyl (C=O) groups excluding carboxylic acids is 1. The summed E-state index contributed by atoms with van der Waals surface area (Å²) < 4.78 is 14.0. The first-order valence-corrected chi connectivity index (χ1v) is 14.3. The highest BCUT2D eigenvalue weighted by Gasteiger charge is 2.11. The van der Waals surface area contributed by atoms with E-state index in [0.29, 0.717) is 47.1 Å². The normalized spacial score (nSPS) is 11.0. The van der Waals surface area contributed by atoms with E-state index in [-0.39, 0.29) is 16.7 Å². The average molecular weight is 594 g/mol. The molecule has 0 aliphatic heterocycles. The highest BCUT2D eigenvalue weighted by Crippen LogP contribution is 2.27. The molecule has 3 aromatic heterocycles. The summed E-state index contributed by atoms with van der Waals surface area (Å²) in [5, 5.41) is 12.6. The maximum absolute atomic E-state index is 12.4. The number of imidazole rings is 1. The van der Waals surface area contributed by atoms with E-state index in [1.54, 1.807) is 42.6 Å². The fourth-order valence-electron chi connectivity index (χ4n) is 4.57. The van der Waals surface area contributed by atoms with Gasteiger partial charge in [0.2, 0.25) is 5.88 Å². The maximum atomic E-state index is 12.4. The van der Waals surface area contributed by atoms with Crippen molar-refractivity contribution in [2.45, 2.75) is 12.8 Å². The third kappa shape index (κ3) is 6.57. The molecule has 43 heavy (non-hydrogen) atoms. The van der Waals surface area contributed by atoms with Crippen LogP contribution < -0.4 is 19.7 Å². The first kappa shape index (κ1) is 27.7. The molecule has 0 saturated heterocycles. The third-order valence-corrected chi connectivity index (χ3v) is 7.67. The molecule has 3 N–H and O–H groups in total. The van der Waals surface area contributed by atoms with Gasteiger partial charge >= 0.3 is 4.87 Å². The molecule has 0 saturated carbocycles. The van der Waals surface area contributed by atoms with E-state index >= 15 is 0 Å². The number of carbonyl (C=O) groups is 1. The van der Waals surface area contributed by atoms with E-state index in [2.05, 4.69) is 15.3 Å². The van der Waals surface area contributed by atoms with Crippen molar-refractivity contribution in [3.05, 3.63) is 123 Å². The van der Waals surface area contributed by atoms with E-state index in [9.17, 15) is 14.7 Å². The van der Waals surface area contributed by atoms with Crippen LogP contribution in [0, 0.1) is 0 Å². The van der Waals surface area contributed by atoms with Crippen LogP contribution in [-0.4, -0.2) is 37.1 Å². The Balaban J connectivity index is 1.04. The van der Waals surface area contributed by atoms with Crippen molar-refractivity contribution in [3.63, 3.8) is 0 Å². The van der Waals surface area contributed by atoms with E-state index in [0.717, 1.165) is 39.5 Å². The van der Waals surface area contributed by atoms with Crippen LogP contribution in [0.4, 0.5) is 5.69 Å². The minimum absolute atomic E-state index is 0.0742.